The van der Waals surface area contributed by atoms with E-state index in [0.29, 0.717) is 32.7 Å². The summed E-state index contributed by atoms with van der Waals surface area (Å²) in [5.74, 6) is -0.909. The van der Waals surface area contributed by atoms with Gasteiger partial charge in [-0.1, -0.05) is 41.4 Å². The first-order chi connectivity index (χ1) is 16.7. The maximum Gasteiger partial charge on any atom is 0.338 e. The van der Waals surface area contributed by atoms with Crippen molar-refractivity contribution in [2.75, 3.05) is 13.2 Å². The molecule has 0 unspecified atom stereocenters. The second-order valence-corrected chi connectivity index (χ2v) is 8.49. The number of para-hydroxylation sites is 1. The minimum absolute atomic E-state index is 0.0581. The van der Waals surface area contributed by atoms with Crippen LogP contribution in [0.5, 0.6) is 11.5 Å². The first kappa shape index (κ1) is 26.3. The van der Waals surface area contributed by atoms with E-state index < -0.39 is 17.9 Å². The van der Waals surface area contributed by atoms with E-state index in [-0.39, 0.29) is 29.5 Å². The van der Waals surface area contributed by atoms with Gasteiger partial charge in [0.25, 0.3) is 5.91 Å². The molecule has 12 heteroatoms. The van der Waals surface area contributed by atoms with Crippen LogP contribution in [0.2, 0.25) is 10.0 Å². The number of rotatable bonds is 8. The zero-order valence-electron chi connectivity index (χ0n) is 18.7. The highest BCUT2D eigenvalue weighted by molar-refractivity contribution is 7.80. The molecule has 1 atom stereocenters. The average Bonchev–Trinajstić information content (AvgIpc) is 2.80. The van der Waals surface area contributed by atoms with Crippen molar-refractivity contribution in [3.63, 3.8) is 0 Å². The molecule has 1 aliphatic rings. The third-order valence-electron chi connectivity index (χ3n) is 4.80. The fourth-order valence-electron chi connectivity index (χ4n) is 3.29. The molecule has 1 heterocycles. The van der Waals surface area contributed by atoms with Crippen LogP contribution in [-0.2, 0) is 14.3 Å². The third-order valence-corrected chi connectivity index (χ3v) is 5.53. The maximum absolute atomic E-state index is 12.6. The van der Waals surface area contributed by atoms with Gasteiger partial charge in [-0.2, -0.15) is 5.10 Å². The molecule has 1 amide bonds. The number of esters is 1. The van der Waals surface area contributed by atoms with Crippen LogP contribution in [-0.4, -0.2) is 41.5 Å². The molecule has 0 spiro atoms. The Bertz CT molecular complexity index is 1220. The minimum Gasteiger partial charge on any atom is -0.506 e. The van der Waals surface area contributed by atoms with E-state index in [4.69, 9.17) is 44.9 Å². The van der Waals surface area contributed by atoms with E-state index in [9.17, 15) is 14.7 Å². The number of hydrogen-bond acceptors (Lipinski definition) is 7. The molecule has 0 aromatic heterocycles. The number of phenolic OH excluding ortho intramolecular Hbond substituents is 1. The number of hydrazone groups is 1. The molecule has 184 valence electrons. The first-order valence-corrected chi connectivity index (χ1v) is 11.5. The fourth-order valence-corrected chi connectivity index (χ4v) is 4.07. The van der Waals surface area contributed by atoms with E-state index in [1.54, 1.807) is 38.1 Å². The molecule has 0 saturated carbocycles. The number of hydrogen-bond donors (Lipinski definition) is 4. The highest BCUT2D eigenvalue weighted by Gasteiger charge is 2.32. The highest BCUT2D eigenvalue weighted by Crippen LogP contribution is 2.33. The quantitative estimate of drug-likeness (QED) is 0.175. The predicted molar refractivity (Wildman–Crippen MR) is 137 cm³/mol. The van der Waals surface area contributed by atoms with Gasteiger partial charge in [0.05, 0.1) is 29.5 Å². The Hall–Kier alpha value is -3.34. The zero-order valence-corrected chi connectivity index (χ0v) is 21.1. The standard InChI is InChI=1S/C23H22Cl2N4O5S/c1-3-33-22(32)19-12(2)27-23(35)28-20(19)15-6-4-5-7-17(15)34-11-18(30)29-26-10-13-8-14(24)9-16(25)21(13)31/h4-10,20,31H,3,11H2,1-2H3,(H,29,30)(H2,27,28,35)/t20-/m0/s1. The van der Waals surface area contributed by atoms with E-state index in [2.05, 4.69) is 21.2 Å². The van der Waals surface area contributed by atoms with Crippen LogP contribution in [0.25, 0.3) is 0 Å². The van der Waals surface area contributed by atoms with Crippen molar-refractivity contribution >= 4 is 58.6 Å². The molecular weight excluding hydrogens is 515 g/mol. The van der Waals surface area contributed by atoms with Crippen molar-refractivity contribution in [1.29, 1.82) is 0 Å². The van der Waals surface area contributed by atoms with Crippen LogP contribution >= 0.6 is 35.4 Å². The summed E-state index contributed by atoms with van der Waals surface area (Å²) in [7, 11) is 0. The fraction of sp³-hybridized carbons (Fsp3) is 0.217. The molecule has 0 fully saturated rings. The largest absolute Gasteiger partial charge is 0.506 e. The Morgan fingerprint density at radius 1 is 1.29 bits per heavy atom. The molecule has 3 rings (SSSR count). The van der Waals surface area contributed by atoms with E-state index in [1.165, 1.54) is 18.3 Å². The molecular formula is C23H22Cl2N4O5S. The van der Waals surface area contributed by atoms with Crippen LogP contribution in [0, 0.1) is 0 Å². The maximum atomic E-state index is 12.6. The Morgan fingerprint density at radius 3 is 2.77 bits per heavy atom. The van der Waals surface area contributed by atoms with Gasteiger partial charge in [0.2, 0.25) is 0 Å². The number of carbonyl (C=O) groups excluding carboxylic acids is 2. The van der Waals surface area contributed by atoms with Crippen LogP contribution in [0.3, 0.4) is 0 Å². The lowest BCUT2D eigenvalue weighted by molar-refractivity contribution is -0.139. The zero-order chi connectivity index (χ0) is 25.5. The van der Waals surface area contributed by atoms with Crippen molar-refractivity contribution in [2.45, 2.75) is 19.9 Å². The normalized spacial score (nSPS) is 15.4. The second kappa shape index (κ2) is 11.9. The molecule has 2 aromatic rings. The van der Waals surface area contributed by atoms with Gasteiger partial charge in [0, 0.05) is 21.8 Å². The van der Waals surface area contributed by atoms with Crippen molar-refractivity contribution in [3.8, 4) is 11.5 Å². The Morgan fingerprint density at radius 2 is 2.03 bits per heavy atom. The lowest BCUT2D eigenvalue weighted by Crippen LogP contribution is -2.45. The van der Waals surface area contributed by atoms with E-state index in [0.717, 1.165) is 0 Å². The summed E-state index contributed by atoms with van der Waals surface area (Å²) in [4.78, 5) is 24.9. The molecule has 4 N–H and O–H groups in total. The number of nitrogens with zero attached hydrogens (tertiary/aromatic N) is 1. The van der Waals surface area contributed by atoms with Crippen molar-refractivity contribution in [1.82, 2.24) is 16.1 Å². The second-order valence-electron chi connectivity index (χ2n) is 7.24. The van der Waals surface area contributed by atoms with Gasteiger partial charge in [0.15, 0.2) is 11.7 Å². The number of thiocarbonyl (C=S) groups is 1. The topological polar surface area (TPSA) is 121 Å². The van der Waals surface area contributed by atoms with Crippen LogP contribution < -0.4 is 20.8 Å². The molecule has 0 radical (unpaired) electrons. The van der Waals surface area contributed by atoms with Gasteiger partial charge in [0.1, 0.15) is 11.5 Å². The summed E-state index contributed by atoms with van der Waals surface area (Å²) in [5.41, 5.74) is 4.04. The number of carbonyl (C=O) groups is 2. The van der Waals surface area contributed by atoms with Gasteiger partial charge >= 0.3 is 5.97 Å². The van der Waals surface area contributed by atoms with Crippen LogP contribution in [0.15, 0.2) is 52.8 Å². The lowest BCUT2D eigenvalue weighted by Gasteiger charge is -2.30. The number of amides is 1. The lowest BCUT2D eigenvalue weighted by atomic mass is 9.95. The Labute approximate surface area is 217 Å². The summed E-state index contributed by atoms with van der Waals surface area (Å²) in [6.07, 6.45) is 1.21. The van der Waals surface area contributed by atoms with Crippen molar-refractivity contribution < 1.29 is 24.2 Å². The van der Waals surface area contributed by atoms with Gasteiger partial charge in [-0.15, -0.1) is 0 Å². The Balaban J connectivity index is 1.73. The van der Waals surface area contributed by atoms with Gasteiger partial charge in [-0.05, 0) is 44.3 Å². The number of allylic oxidation sites excluding steroid dienone is 1. The predicted octanol–water partition coefficient (Wildman–Crippen LogP) is 3.58. The SMILES string of the molecule is CCOC(=O)C1=C(C)NC(=S)N[C@H]1c1ccccc1OCC(=O)NN=Cc1cc(Cl)cc(Cl)c1O. The molecule has 1 aliphatic heterocycles. The molecule has 0 saturated heterocycles. The molecule has 2 aromatic carbocycles. The third kappa shape index (κ3) is 6.62. The molecule has 0 bridgehead atoms. The number of ether oxygens (including phenoxy) is 2. The summed E-state index contributed by atoms with van der Waals surface area (Å²) < 4.78 is 10.9. The van der Waals surface area contributed by atoms with Gasteiger partial charge < -0.3 is 25.2 Å². The first-order valence-electron chi connectivity index (χ1n) is 10.4. The average molecular weight is 537 g/mol. The minimum atomic E-state index is -0.643. The van der Waals surface area contributed by atoms with E-state index in [1.807, 2.05) is 0 Å². The number of phenols is 1. The van der Waals surface area contributed by atoms with Crippen molar-refractivity contribution in [3.05, 3.63) is 68.8 Å². The van der Waals surface area contributed by atoms with E-state index >= 15 is 0 Å². The summed E-state index contributed by atoms with van der Waals surface area (Å²) in [6.45, 7) is 3.29. The summed E-state index contributed by atoms with van der Waals surface area (Å²) in [5, 5.41) is 20.4. The van der Waals surface area contributed by atoms with Crippen LogP contribution in [0.1, 0.15) is 31.0 Å². The summed E-state index contributed by atoms with van der Waals surface area (Å²) >= 11 is 17.0. The number of aromatic hydroxyl groups is 1. The Kier molecular flexibility index (Phi) is 8.91. The molecule has 9 nitrogen and oxygen atoms in total. The number of nitrogens with one attached hydrogen (secondary N) is 3. The smallest absolute Gasteiger partial charge is 0.338 e. The van der Waals surface area contributed by atoms with Crippen LogP contribution in [0.4, 0.5) is 0 Å². The number of benzene rings is 2. The number of halogens is 2. The molecule has 0 aliphatic carbocycles. The van der Waals surface area contributed by atoms with Gasteiger partial charge in [-0.25, -0.2) is 10.2 Å². The molecule has 35 heavy (non-hydrogen) atoms. The summed E-state index contributed by atoms with van der Waals surface area (Å²) in [6, 6.07) is 9.13. The van der Waals surface area contributed by atoms with Gasteiger partial charge in [-0.3, -0.25) is 4.79 Å². The highest BCUT2D eigenvalue weighted by atomic mass is 35.5. The monoisotopic (exact) mass is 536 g/mol. The van der Waals surface area contributed by atoms with Crippen molar-refractivity contribution in [2.24, 2.45) is 5.10 Å².